The highest BCUT2D eigenvalue weighted by molar-refractivity contribution is 5.20. The Hall–Kier alpha value is -0.520. The van der Waals surface area contributed by atoms with Crippen LogP contribution in [0.25, 0.3) is 0 Å². The molecule has 0 aromatic rings. The minimum Gasteiger partial charge on any atom is -0.0874 e. The third-order valence-corrected chi connectivity index (χ3v) is 3.02. The summed E-state index contributed by atoms with van der Waals surface area (Å²) in [4.78, 5) is 0. The highest BCUT2D eigenvalue weighted by atomic mass is 14.2. The van der Waals surface area contributed by atoms with E-state index in [-0.39, 0.29) is 0 Å². The van der Waals surface area contributed by atoms with Gasteiger partial charge in [-0.25, -0.2) is 0 Å². The van der Waals surface area contributed by atoms with Gasteiger partial charge in [-0.1, -0.05) is 43.9 Å². The van der Waals surface area contributed by atoms with Crippen LogP contribution < -0.4 is 0 Å². The lowest BCUT2D eigenvalue weighted by Crippen LogP contribution is -2.00. The van der Waals surface area contributed by atoms with Gasteiger partial charge < -0.3 is 0 Å². The van der Waals surface area contributed by atoms with Gasteiger partial charge in [-0.15, -0.1) is 0 Å². The second-order valence-corrected chi connectivity index (χ2v) is 3.98. The summed E-state index contributed by atoms with van der Waals surface area (Å²) in [5.41, 5.74) is 1.56. The van der Waals surface area contributed by atoms with Crippen LogP contribution in [-0.4, -0.2) is 0 Å². The van der Waals surface area contributed by atoms with Crippen molar-refractivity contribution in [1.29, 1.82) is 0 Å². The maximum absolute atomic E-state index is 2.29. The van der Waals surface area contributed by atoms with Gasteiger partial charge in [-0.2, -0.15) is 0 Å². The molecule has 0 heterocycles. The molecule has 0 N–H and O–H groups in total. The Kier molecular flexibility index (Phi) is 4.88. The fraction of sp³-hybridized carbons (Fsp3) is 0.692. The highest BCUT2D eigenvalue weighted by Crippen LogP contribution is 2.29. The van der Waals surface area contributed by atoms with Crippen LogP contribution in [0.15, 0.2) is 23.8 Å². The van der Waals surface area contributed by atoms with E-state index in [1.54, 1.807) is 5.57 Å². The molecule has 74 valence electrons. The fourth-order valence-electron chi connectivity index (χ4n) is 2.27. The smallest absolute Gasteiger partial charge is 0.0165 e. The molecule has 0 aromatic carbocycles. The van der Waals surface area contributed by atoms with Crippen LogP contribution in [0, 0.1) is 5.92 Å². The van der Waals surface area contributed by atoms with Gasteiger partial charge in [0.15, 0.2) is 0 Å². The maximum atomic E-state index is 2.29. The molecule has 1 rings (SSSR count). The third-order valence-electron chi connectivity index (χ3n) is 3.02. The summed E-state index contributed by atoms with van der Waals surface area (Å²) in [6, 6.07) is 0. The summed E-state index contributed by atoms with van der Waals surface area (Å²) < 4.78 is 0. The molecular weight excluding hydrogens is 156 g/mol. The summed E-state index contributed by atoms with van der Waals surface area (Å²) in [6.07, 6.45) is 15.3. The van der Waals surface area contributed by atoms with Crippen molar-refractivity contribution in [2.75, 3.05) is 0 Å². The summed E-state index contributed by atoms with van der Waals surface area (Å²) in [5, 5.41) is 0. The third kappa shape index (κ3) is 3.38. The number of hydrogen-bond acceptors (Lipinski definition) is 0. The molecular formula is C13H22. The normalized spacial score (nSPS) is 22.2. The lowest BCUT2D eigenvalue weighted by molar-refractivity contribution is 0.539. The number of hydrogen-bond donors (Lipinski definition) is 0. The Morgan fingerprint density at radius 2 is 1.62 bits per heavy atom. The average molecular weight is 178 g/mol. The largest absolute Gasteiger partial charge is 0.0874 e. The lowest BCUT2D eigenvalue weighted by Gasteiger charge is -2.14. The van der Waals surface area contributed by atoms with Crippen LogP contribution in [-0.2, 0) is 0 Å². The van der Waals surface area contributed by atoms with Crippen LogP contribution >= 0.6 is 0 Å². The molecule has 0 nitrogen and oxygen atoms in total. The molecule has 0 bridgehead atoms. The van der Waals surface area contributed by atoms with E-state index in [1.165, 1.54) is 38.5 Å². The molecule has 1 aliphatic carbocycles. The van der Waals surface area contributed by atoms with Crippen LogP contribution in [0.3, 0.4) is 0 Å². The molecule has 0 saturated heterocycles. The van der Waals surface area contributed by atoms with E-state index in [2.05, 4.69) is 32.1 Å². The minimum atomic E-state index is 0.851. The standard InChI is InChI=1S/C13H22/c1-3-9-12(4-2)13-10-7-5-6-8-11-13/h3-4,9,13H,5-8,10-11H2,1-2H3/b9-3-,12-4+. The van der Waals surface area contributed by atoms with Gasteiger partial charge in [0.1, 0.15) is 0 Å². The zero-order chi connectivity index (χ0) is 9.52. The second kappa shape index (κ2) is 6.01. The molecule has 1 fully saturated rings. The second-order valence-electron chi connectivity index (χ2n) is 3.98. The number of allylic oxidation sites excluding steroid dienone is 4. The quantitative estimate of drug-likeness (QED) is 0.432. The van der Waals surface area contributed by atoms with Crippen LogP contribution in [0.1, 0.15) is 52.4 Å². The van der Waals surface area contributed by atoms with Crippen molar-refractivity contribution < 1.29 is 0 Å². The van der Waals surface area contributed by atoms with E-state index in [4.69, 9.17) is 0 Å². The van der Waals surface area contributed by atoms with E-state index in [9.17, 15) is 0 Å². The Labute approximate surface area is 82.7 Å². The molecule has 0 aromatic heterocycles. The summed E-state index contributed by atoms with van der Waals surface area (Å²) in [7, 11) is 0. The predicted molar refractivity (Wildman–Crippen MR) is 59.8 cm³/mol. The van der Waals surface area contributed by atoms with Crippen molar-refractivity contribution >= 4 is 0 Å². The van der Waals surface area contributed by atoms with E-state index in [0.29, 0.717) is 0 Å². The molecule has 1 aliphatic rings. The van der Waals surface area contributed by atoms with Gasteiger partial charge in [-0.05, 0) is 38.2 Å². The predicted octanol–water partition coefficient (Wildman–Crippen LogP) is 4.48. The van der Waals surface area contributed by atoms with E-state index >= 15 is 0 Å². The summed E-state index contributed by atoms with van der Waals surface area (Å²) in [5.74, 6) is 0.851. The van der Waals surface area contributed by atoms with E-state index in [0.717, 1.165) is 5.92 Å². The molecule has 0 radical (unpaired) electrons. The minimum absolute atomic E-state index is 0.851. The monoisotopic (exact) mass is 178 g/mol. The van der Waals surface area contributed by atoms with Crippen LogP contribution in [0.2, 0.25) is 0 Å². The molecule has 0 spiro atoms. The van der Waals surface area contributed by atoms with Crippen molar-refractivity contribution in [3.63, 3.8) is 0 Å². The Bertz CT molecular complexity index is 178. The molecule has 1 saturated carbocycles. The highest BCUT2D eigenvalue weighted by Gasteiger charge is 2.13. The fourth-order valence-corrected chi connectivity index (χ4v) is 2.27. The summed E-state index contributed by atoms with van der Waals surface area (Å²) in [6.45, 7) is 4.28. The Morgan fingerprint density at radius 3 is 2.08 bits per heavy atom. The van der Waals surface area contributed by atoms with Crippen LogP contribution in [0.5, 0.6) is 0 Å². The number of rotatable bonds is 2. The van der Waals surface area contributed by atoms with Crippen molar-refractivity contribution in [2.45, 2.75) is 52.4 Å². The molecule has 13 heavy (non-hydrogen) atoms. The van der Waals surface area contributed by atoms with E-state index < -0.39 is 0 Å². The van der Waals surface area contributed by atoms with Gasteiger partial charge >= 0.3 is 0 Å². The Morgan fingerprint density at radius 1 is 1.00 bits per heavy atom. The Balaban J connectivity index is 2.56. The zero-order valence-electron chi connectivity index (χ0n) is 9.05. The first-order chi connectivity index (χ1) is 6.38. The lowest BCUT2D eigenvalue weighted by atomic mass is 9.91. The first kappa shape index (κ1) is 10.6. The van der Waals surface area contributed by atoms with Gasteiger partial charge in [0, 0.05) is 0 Å². The zero-order valence-corrected chi connectivity index (χ0v) is 9.05. The molecule has 0 atom stereocenters. The topological polar surface area (TPSA) is 0 Å². The summed E-state index contributed by atoms with van der Waals surface area (Å²) >= 11 is 0. The van der Waals surface area contributed by atoms with Crippen molar-refractivity contribution in [3.05, 3.63) is 23.8 Å². The first-order valence-electron chi connectivity index (χ1n) is 5.67. The molecule has 0 heteroatoms. The SMILES string of the molecule is C/C=C\C(=C/C)C1CCCCCC1. The van der Waals surface area contributed by atoms with E-state index in [1.807, 2.05) is 0 Å². The molecule has 0 unspecified atom stereocenters. The van der Waals surface area contributed by atoms with Gasteiger partial charge in [0.25, 0.3) is 0 Å². The van der Waals surface area contributed by atoms with Crippen molar-refractivity contribution in [3.8, 4) is 0 Å². The molecule has 0 aliphatic heterocycles. The van der Waals surface area contributed by atoms with Crippen LogP contribution in [0.4, 0.5) is 0 Å². The van der Waals surface area contributed by atoms with Gasteiger partial charge in [-0.3, -0.25) is 0 Å². The first-order valence-corrected chi connectivity index (χ1v) is 5.67. The molecule has 0 amide bonds. The van der Waals surface area contributed by atoms with Gasteiger partial charge in [0.05, 0.1) is 0 Å². The van der Waals surface area contributed by atoms with Crippen molar-refractivity contribution in [2.24, 2.45) is 5.92 Å². The van der Waals surface area contributed by atoms with Crippen molar-refractivity contribution in [1.82, 2.24) is 0 Å². The average Bonchev–Trinajstić information content (AvgIpc) is 2.42. The maximum Gasteiger partial charge on any atom is -0.0165 e. The van der Waals surface area contributed by atoms with Gasteiger partial charge in [0.2, 0.25) is 0 Å².